The van der Waals surface area contributed by atoms with E-state index < -0.39 is 97.5 Å². The van der Waals surface area contributed by atoms with Gasteiger partial charge in [0.1, 0.15) is 19.3 Å². The maximum absolute atomic E-state index is 13.1. The predicted molar refractivity (Wildman–Crippen MR) is 377 cm³/mol. The van der Waals surface area contributed by atoms with Crippen LogP contribution in [0.2, 0.25) is 0 Å². The minimum Gasteiger partial charge on any atom is -0.462 e. The number of esters is 4. The lowest BCUT2D eigenvalue weighted by molar-refractivity contribution is -0.161. The van der Waals surface area contributed by atoms with Crippen LogP contribution in [0, 0.1) is 5.92 Å². The molecule has 552 valence electrons. The third-order valence-corrected chi connectivity index (χ3v) is 19.2. The molecule has 93 heavy (non-hydrogen) atoms. The van der Waals surface area contributed by atoms with E-state index in [1.165, 1.54) is 205 Å². The van der Waals surface area contributed by atoms with Gasteiger partial charge in [-0.15, -0.1) is 0 Å². The molecule has 0 amide bonds. The van der Waals surface area contributed by atoms with Crippen LogP contribution in [-0.2, 0) is 65.4 Å². The molecule has 5 atom stereocenters. The summed E-state index contributed by atoms with van der Waals surface area (Å²) in [5.74, 6) is -1.46. The smallest absolute Gasteiger partial charge is 0.462 e. The summed E-state index contributed by atoms with van der Waals surface area (Å²) in [7, 11) is -9.90. The maximum Gasteiger partial charge on any atom is 0.472 e. The van der Waals surface area contributed by atoms with Gasteiger partial charge in [-0.05, 0) is 31.6 Å². The Morgan fingerprint density at radius 3 is 0.731 bits per heavy atom. The van der Waals surface area contributed by atoms with Gasteiger partial charge in [-0.3, -0.25) is 37.3 Å². The average molecular weight is 1370 g/mol. The minimum atomic E-state index is -4.95. The third kappa shape index (κ3) is 68.4. The number of aliphatic hydroxyl groups is 1. The molecule has 0 fully saturated rings. The number of hydrogen-bond donors (Lipinski definition) is 3. The summed E-state index contributed by atoms with van der Waals surface area (Å²) in [6.07, 6.45) is 55.9. The summed E-state index contributed by atoms with van der Waals surface area (Å²) in [6, 6.07) is 0. The van der Waals surface area contributed by atoms with Crippen molar-refractivity contribution in [1.29, 1.82) is 0 Å². The summed E-state index contributed by atoms with van der Waals surface area (Å²) in [6.45, 7) is 7.15. The lowest BCUT2D eigenvalue weighted by Crippen LogP contribution is -2.30. The number of ether oxygens (including phenoxy) is 4. The van der Waals surface area contributed by atoms with Crippen molar-refractivity contribution in [1.82, 2.24) is 0 Å². The van der Waals surface area contributed by atoms with Crippen LogP contribution in [0.5, 0.6) is 0 Å². The summed E-state index contributed by atoms with van der Waals surface area (Å²) in [4.78, 5) is 72.5. The van der Waals surface area contributed by atoms with Gasteiger partial charge in [0.05, 0.1) is 26.4 Å². The molecule has 0 aromatic rings. The molecule has 0 aromatic heterocycles. The second-order valence-electron chi connectivity index (χ2n) is 27.2. The van der Waals surface area contributed by atoms with Gasteiger partial charge in [0.25, 0.3) is 0 Å². The van der Waals surface area contributed by atoms with E-state index in [-0.39, 0.29) is 25.7 Å². The number of carbonyl (C=O) groups is 4. The Labute approximate surface area is 568 Å². The van der Waals surface area contributed by atoms with Crippen molar-refractivity contribution in [2.24, 2.45) is 5.92 Å². The van der Waals surface area contributed by atoms with Crippen molar-refractivity contribution in [3.05, 3.63) is 0 Å². The molecule has 0 heterocycles. The fraction of sp³-hybridized carbons (Fsp3) is 0.946. The lowest BCUT2D eigenvalue weighted by atomic mass is 10.0. The first-order chi connectivity index (χ1) is 45.0. The van der Waals surface area contributed by atoms with Gasteiger partial charge in [-0.2, -0.15) is 0 Å². The highest BCUT2D eigenvalue weighted by Gasteiger charge is 2.30. The molecule has 0 rings (SSSR count). The molecule has 0 saturated heterocycles. The molecule has 0 aliphatic carbocycles. The first kappa shape index (κ1) is 91.1. The molecule has 3 N–H and O–H groups in total. The molecule has 0 radical (unpaired) electrons. The van der Waals surface area contributed by atoms with Crippen molar-refractivity contribution in [3.63, 3.8) is 0 Å². The first-order valence-electron chi connectivity index (χ1n) is 38.6. The molecule has 0 aromatic carbocycles. The van der Waals surface area contributed by atoms with Crippen LogP contribution in [0.4, 0.5) is 0 Å². The molecule has 17 nitrogen and oxygen atoms in total. The van der Waals surface area contributed by atoms with Gasteiger partial charge in [-0.25, -0.2) is 9.13 Å². The zero-order valence-corrected chi connectivity index (χ0v) is 62.2. The zero-order chi connectivity index (χ0) is 68.4. The van der Waals surface area contributed by atoms with Crippen LogP contribution in [0.1, 0.15) is 388 Å². The monoisotopic (exact) mass is 1370 g/mol. The number of hydrogen-bond acceptors (Lipinski definition) is 15. The molecule has 2 unspecified atom stereocenters. The number of phosphoric ester groups is 2. The molecule has 0 bridgehead atoms. The predicted octanol–water partition coefficient (Wildman–Crippen LogP) is 21.7. The summed E-state index contributed by atoms with van der Waals surface area (Å²) >= 11 is 0. The Hall–Kier alpha value is -1.94. The Kier molecular flexibility index (Phi) is 65.9. The van der Waals surface area contributed by atoms with Crippen LogP contribution < -0.4 is 0 Å². The molecular formula is C74H144O17P2. The van der Waals surface area contributed by atoms with Crippen molar-refractivity contribution in [2.45, 2.75) is 406 Å². The van der Waals surface area contributed by atoms with E-state index in [0.29, 0.717) is 31.6 Å². The van der Waals surface area contributed by atoms with E-state index >= 15 is 0 Å². The Morgan fingerprint density at radius 2 is 0.495 bits per heavy atom. The highest BCUT2D eigenvalue weighted by molar-refractivity contribution is 7.47. The first-order valence-corrected chi connectivity index (χ1v) is 41.6. The van der Waals surface area contributed by atoms with Crippen molar-refractivity contribution >= 4 is 39.5 Å². The van der Waals surface area contributed by atoms with E-state index in [4.69, 9.17) is 37.0 Å². The van der Waals surface area contributed by atoms with Crippen molar-refractivity contribution in [3.8, 4) is 0 Å². The standard InChI is InChI=1S/C74H144O17P2/c1-6-9-12-15-18-21-23-25-27-28-29-30-31-32-33-34-36-38-40-43-49-54-59-73(78)90-69(63-85-72(77)58-53-48-42-39-37-35-26-24-22-19-16-13-10-7-2)65-88-92(80,81)86-61-68(75)62-87-93(82,83)89-66-70(64-84-71(76)57-52-47-41-20-17-14-11-8-3)91-74(79)60-55-50-45-44-46-51-56-67(4)5/h67-70,75H,6-66H2,1-5H3,(H,80,81)(H,82,83)/t68-,69-,70-/m1/s1. The van der Waals surface area contributed by atoms with Crippen LogP contribution in [-0.4, -0.2) is 96.7 Å². The Balaban J connectivity index is 5.14. The summed E-state index contributed by atoms with van der Waals surface area (Å²) in [5, 5.41) is 10.6. The fourth-order valence-electron chi connectivity index (χ4n) is 11.4. The molecule has 0 saturated carbocycles. The molecule has 0 aliphatic rings. The summed E-state index contributed by atoms with van der Waals surface area (Å²) in [5.41, 5.74) is 0. The quantitative estimate of drug-likeness (QED) is 0.0222. The second kappa shape index (κ2) is 67.3. The fourth-order valence-corrected chi connectivity index (χ4v) is 12.9. The van der Waals surface area contributed by atoms with Gasteiger partial charge >= 0.3 is 39.5 Å². The van der Waals surface area contributed by atoms with E-state index in [9.17, 15) is 43.2 Å². The van der Waals surface area contributed by atoms with Crippen molar-refractivity contribution in [2.75, 3.05) is 39.6 Å². The van der Waals surface area contributed by atoms with E-state index in [1.807, 2.05) is 0 Å². The number of aliphatic hydroxyl groups excluding tert-OH is 1. The highest BCUT2D eigenvalue weighted by atomic mass is 31.2. The van der Waals surface area contributed by atoms with Crippen molar-refractivity contribution < 1.29 is 80.2 Å². The van der Waals surface area contributed by atoms with Gasteiger partial charge in [0, 0.05) is 25.7 Å². The summed E-state index contributed by atoms with van der Waals surface area (Å²) < 4.78 is 68.3. The lowest BCUT2D eigenvalue weighted by Gasteiger charge is -2.21. The van der Waals surface area contributed by atoms with Crippen LogP contribution >= 0.6 is 15.6 Å². The second-order valence-corrected chi connectivity index (χ2v) is 30.1. The minimum absolute atomic E-state index is 0.102. The maximum atomic E-state index is 13.1. The number of rotatable bonds is 74. The van der Waals surface area contributed by atoms with E-state index in [2.05, 4.69) is 34.6 Å². The molecular weight excluding hydrogens is 1220 g/mol. The van der Waals surface area contributed by atoms with Gasteiger partial charge in [0.15, 0.2) is 12.2 Å². The molecule has 19 heteroatoms. The number of phosphoric acid groups is 2. The SMILES string of the molecule is CCCCCCCCCCCCCCCCCCCCCCCCC(=O)O[C@H](COC(=O)CCCCCCCCCCCCCCCC)COP(=O)(O)OC[C@@H](O)COP(=O)(O)OC[C@@H](COC(=O)CCCCCCCCCC)OC(=O)CCCCCCCCC(C)C. The normalized spacial score (nSPS) is 14.0. The Morgan fingerprint density at radius 1 is 0.290 bits per heavy atom. The van der Waals surface area contributed by atoms with Gasteiger partial charge < -0.3 is 33.8 Å². The molecule has 0 spiro atoms. The van der Waals surface area contributed by atoms with Gasteiger partial charge in [-0.1, -0.05) is 336 Å². The highest BCUT2D eigenvalue weighted by Crippen LogP contribution is 2.45. The average Bonchev–Trinajstić information content (AvgIpc) is 3.36. The van der Waals surface area contributed by atoms with Crippen LogP contribution in [0.25, 0.3) is 0 Å². The third-order valence-electron chi connectivity index (χ3n) is 17.3. The van der Waals surface area contributed by atoms with E-state index in [1.54, 1.807) is 0 Å². The van der Waals surface area contributed by atoms with Crippen LogP contribution in [0.15, 0.2) is 0 Å². The topological polar surface area (TPSA) is 237 Å². The molecule has 0 aliphatic heterocycles. The zero-order valence-electron chi connectivity index (χ0n) is 60.4. The van der Waals surface area contributed by atoms with Gasteiger partial charge in [0.2, 0.25) is 0 Å². The Bertz CT molecular complexity index is 1790. The number of carbonyl (C=O) groups excluding carboxylic acids is 4. The number of unbranched alkanes of at least 4 members (excludes halogenated alkanes) is 46. The van der Waals surface area contributed by atoms with Crippen LogP contribution in [0.3, 0.4) is 0 Å². The largest absolute Gasteiger partial charge is 0.472 e. The van der Waals surface area contributed by atoms with E-state index in [0.717, 1.165) is 96.3 Å².